The molecule has 0 spiro atoms. The molecular formula is C10H20N2O. The van der Waals surface area contributed by atoms with Crippen molar-refractivity contribution in [2.75, 3.05) is 6.54 Å². The van der Waals surface area contributed by atoms with Gasteiger partial charge in [0.25, 0.3) is 0 Å². The van der Waals surface area contributed by atoms with E-state index in [1.165, 1.54) is 0 Å². The Balaban J connectivity index is 2.79. The zero-order chi connectivity index (χ0) is 10.1. The summed E-state index contributed by atoms with van der Waals surface area (Å²) in [4.78, 5) is 13.5. The van der Waals surface area contributed by atoms with Crippen molar-refractivity contribution in [3.8, 4) is 0 Å². The summed E-state index contributed by atoms with van der Waals surface area (Å²) in [5, 5.41) is 3.29. The molecule has 0 bridgehead atoms. The summed E-state index contributed by atoms with van der Waals surface area (Å²) in [6, 6.07) is 0.291. The van der Waals surface area contributed by atoms with E-state index in [1.54, 1.807) is 0 Å². The van der Waals surface area contributed by atoms with Crippen LogP contribution in [0.2, 0.25) is 0 Å². The maximum atomic E-state index is 11.6. The number of rotatable bonds is 3. The number of hydrogen-bond donors (Lipinski definition) is 1. The van der Waals surface area contributed by atoms with E-state index in [1.807, 2.05) is 4.90 Å². The second-order valence-electron chi connectivity index (χ2n) is 4.23. The Morgan fingerprint density at radius 1 is 1.62 bits per heavy atom. The topological polar surface area (TPSA) is 32.3 Å². The van der Waals surface area contributed by atoms with Crippen LogP contribution in [-0.2, 0) is 4.79 Å². The van der Waals surface area contributed by atoms with Crippen LogP contribution < -0.4 is 5.32 Å². The third kappa shape index (κ3) is 1.85. The van der Waals surface area contributed by atoms with Crippen LogP contribution in [0.25, 0.3) is 0 Å². The van der Waals surface area contributed by atoms with Crippen LogP contribution in [0.1, 0.15) is 40.5 Å². The smallest absolute Gasteiger partial charge is 0.238 e. The molecule has 1 amide bonds. The molecule has 0 radical (unpaired) electrons. The van der Waals surface area contributed by atoms with Gasteiger partial charge in [0.2, 0.25) is 5.91 Å². The van der Waals surface area contributed by atoms with Crippen molar-refractivity contribution >= 4 is 5.91 Å². The molecule has 1 heterocycles. The molecule has 3 heteroatoms. The van der Waals surface area contributed by atoms with E-state index in [0.29, 0.717) is 12.6 Å². The van der Waals surface area contributed by atoms with Gasteiger partial charge in [0, 0.05) is 6.04 Å². The second-order valence-corrected chi connectivity index (χ2v) is 4.23. The molecule has 1 aliphatic heterocycles. The van der Waals surface area contributed by atoms with Crippen LogP contribution in [0.3, 0.4) is 0 Å². The minimum atomic E-state index is -0.111. The quantitative estimate of drug-likeness (QED) is 0.718. The summed E-state index contributed by atoms with van der Waals surface area (Å²) in [7, 11) is 0. The molecule has 1 saturated heterocycles. The maximum Gasteiger partial charge on any atom is 0.238 e. The molecule has 0 aromatic rings. The molecule has 1 atom stereocenters. The highest BCUT2D eigenvalue weighted by molar-refractivity contribution is 5.81. The van der Waals surface area contributed by atoms with E-state index >= 15 is 0 Å². The van der Waals surface area contributed by atoms with Crippen LogP contribution >= 0.6 is 0 Å². The maximum absolute atomic E-state index is 11.6. The van der Waals surface area contributed by atoms with E-state index in [0.717, 1.165) is 12.8 Å². The summed E-state index contributed by atoms with van der Waals surface area (Å²) in [5.74, 6) is 0.228. The lowest BCUT2D eigenvalue weighted by Gasteiger charge is -2.37. The minimum absolute atomic E-state index is 0.111. The van der Waals surface area contributed by atoms with Gasteiger partial charge >= 0.3 is 0 Å². The fourth-order valence-electron chi connectivity index (χ4n) is 2.27. The first-order valence-electron chi connectivity index (χ1n) is 5.08. The highest BCUT2D eigenvalue weighted by atomic mass is 16.2. The van der Waals surface area contributed by atoms with Crippen molar-refractivity contribution in [1.82, 2.24) is 10.2 Å². The summed E-state index contributed by atoms with van der Waals surface area (Å²) in [5.41, 5.74) is -0.111. The predicted molar refractivity (Wildman–Crippen MR) is 53.3 cm³/mol. The van der Waals surface area contributed by atoms with Crippen LogP contribution in [0.5, 0.6) is 0 Å². The lowest BCUT2D eigenvalue weighted by molar-refractivity contribution is -0.132. The van der Waals surface area contributed by atoms with Gasteiger partial charge in [0.15, 0.2) is 0 Å². The van der Waals surface area contributed by atoms with Gasteiger partial charge in [-0.15, -0.1) is 0 Å². The van der Waals surface area contributed by atoms with Gasteiger partial charge in [0.05, 0.1) is 12.2 Å². The van der Waals surface area contributed by atoms with E-state index in [4.69, 9.17) is 0 Å². The monoisotopic (exact) mass is 184 g/mol. The highest BCUT2D eigenvalue weighted by Gasteiger charge is 2.41. The zero-order valence-corrected chi connectivity index (χ0v) is 9.05. The van der Waals surface area contributed by atoms with Crippen molar-refractivity contribution in [3.63, 3.8) is 0 Å². The lowest BCUT2D eigenvalue weighted by atomic mass is 10.0. The van der Waals surface area contributed by atoms with Gasteiger partial charge < -0.3 is 4.90 Å². The van der Waals surface area contributed by atoms with Gasteiger partial charge in [-0.25, -0.2) is 0 Å². The minimum Gasteiger partial charge on any atom is -0.321 e. The Kier molecular flexibility index (Phi) is 2.96. The Morgan fingerprint density at radius 3 is 2.69 bits per heavy atom. The van der Waals surface area contributed by atoms with Gasteiger partial charge in [-0.2, -0.15) is 0 Å². The van der Waals surface area contributed by atoms with E-state index < -0.39 is 0 Å². The van der Waals surface area contributed by atoms with Gasteiger partial charge in [0.1, 0.15) is 0 Å². The van der Waals surface area contributed by atoms with E-state index in [2.05, 4.69) is 33.0 Å². The summed E-state index contributed by atoms with van der Waals surface area (Å²) in [6.07, 6.45) is 2.12. The average Bonchev–Trinajstić information content (AvgIpc) is 2.27. The second kappa shape index (κ2) is 3.66. The fourth-order valence-corrected chi connectivity index (χ4v) is 2.27. The molecule has 0 aliphatic carbocycles. The molecule has 0 saturated carbocycles. The van der Waals surface area contributed by atoms with Crippen LogP contribution in [0.15, 0.2) is 0 Å². The Bertz CT molecular complexity index is 203. The van der Waals surface area contributed by atoms with Crippen LogP contribution in [-0.4, -0.2) is 29.1 Å². The van der Waals surface area contributed by atoms with E-state index in [9.17, 15) is 4.79 Å². The fraction of sp³-hybridized carbons (Fsp3) is 0.900. The highest BCUT2D eigenvalue weighted by Crippen LogP contribution is 2.25. The number of amides is 1. The number of carbonyl (C=O) groups is 1. The SMILES string of the molecule is CCCC1(C)NCC(=O)N1C(C)C. The largest absolute Gasteiger partial charge is 0.321 e. The lowest BCUT2D eigenvalue weighted by Crippen LogP contribution is -2.52. The summed E-state index contributed by atoms with van der Waals surface area (Å²) >= 11 is 0. The molecule has 1 fully saturated rings. The molecule has 0 aromatic carbocycles. The molecule has 76 valence electrons. The van der Waals surface area contributed by atoms with Crippen molar-refractivity contribution in [2.24, 2.45) is 0 Å². The molecule has 1 N–H and O–H groups in total. The Morgan fingerprint density at radius 2 is 2.23 bits per heavy atom. The van der Waals surface area contributed by atoms with Crippen LogP contribution in [0.4, 0.5) is 0 Å². The molecule has 1 rings (SSSR count). The van der Waals surface area contributed by atoms with Gasteiger partial charge in [-0.3, -0.25) is 10.1 Å². The Hall–Kier alpha value is -0.570. The first-order valence-corrected chi connectivity index (χ1v) is 5.08. The molecule has 13 heavy (non-hydrogen) atoms. The first kappa shape index (κ1) is 10.5. The zero-order valence-electron chi connectivity index (χ0n) is 9.05. The van der Waals surface area contributed by atoms with Crippen molar-refractivity contribution < 1.29 is 4.79 Å². The molecular weight excluding hydrogens is 164 g/mol. The molecule has 1 unspecified atom stereocenters. The standard InChI is InChI=1S/C10H20N2O/c1-5-6-10(4)11-7-9(13)12(10)8(2)3/h8,11H,5-7H2,1-4H3. The molecule has 1 aliphatic rings. The Labute approximate surface area is 80.5 Å². The van der Waals surface area contributed by atoms with Crippen molar-refractivity contribution in [2.45, 2.75) is 52.2 Å². The van der Waals surface area contributed by atoms with Crippen molar-refractivity contribution in [1.29, 1.82) is 0 Å². The predicted octanol–water partition coefficient (Wildman–Crippen LogP) is 1.34. The molecule has 0 aromatic heterocycles. The third-order valence-electron chi connectivity index (χ3n) is 2.67. The van der Waals surface area contributed by atoms with Gasteiger partial charge in [-0.05, 0) is 27.2 Å². The number of nitrogens with one attached hydrogen (secondary N) is 1. The van der Waals surface area contributed by atoms with E-state index in [-0.39, 0.29) is 11.6 Å². The van der Waals surface area contributed by atoms with Crippen molar-refractivity contribution in [3.05, 3.63) is 0 Å². The first-order chi connectivity index (χ1) is 6.01. The number of hydrogen-bond acceptors (Lipinski definition) is 2. The van der Waals surface area contributed by atoms with Gasteiger partial charge in [-0.1, -0.05) is 13.3 Å². The average molecular weight is 184 g/mol. The summed E-state index contributed by atoms with van der Waals surface area (Å²) < 4.78 is 0. The van der Waals surface area contributed by atoms with Crippen LogP contribution in [0, 0.1) is 0 Å². The third-order valence-corrected chi connectivity index (χ3v) is 2.67. The number of carbonyl (C=O) groups excluding carboxylic acids is 1. The summed E-state index contributed by atoms with van der Waals surface area (Å²) in [6.45, 7) is 8.89. The normalized spacial score (nSPS) is 29.0. The number of nitrogens with zero attached hydrogens (tertiary/aromatic N) is 1. The molecule has 3 nitrogen and oxygen atoms in total.